The van der Waals surface area contributed by atoms with E-state index < -0.39 is 9.84 Å². The first-order chi connectivity index (χ1) is 7.32. The van der Waals surface area contributed by atoms with Gasteiger partial charge in [0.25, 0.3) is 0 Å². The van der Waals surface area contributed by atoms with Crippen LogP contribution in [-0.4, -0.2) is 14.7 Å². The average Bonchev–Trinajstić information content (AvgIpc) is 2.18. The van der Waals surface area contributed by atoms with Crippen LogP contribution in [0.15, 0.2) is 27.6 Å². The maximum atomic E-state index is 11.2. The van der Waals surface area contributed by atoms with Crippen LogP contribution in [0.4, 0.5) is 0 Å². The van der Waals surface area contributed by atoms with Gasteiger partial charge in [-0.1, -0.05) is 35.8 Å². The second-order valence-electron chi connectivity index (χ2n) is 3.24. The molecule has 0 aromatic heterocycles. The predicted octanol–water partition coefficient (Wildman–Crippen LogP) is 2.90. The van der Waals surface area contributed by atoms with Crippen molar-refractivity contribution in [2.24, 2.45) is 5.73 Å². The summed E-state index contributed by atoms with van der Waals surface area (Å²) in [7, 11) is -3.14. The molecule has 0 spiro atoms. The fourth-order valence-corrected chi connectivity index (χ4v) is 2.65. The highest BCUT2D eigenvalue weighted by molar-refractivity contribution is 9.10. The normalized spacial score (nSPS) is 12.6. The van der Waals surface area contributed by atoms with E-state index in [9.17, 15) is 8.42 Å². The summed E-state index contributed by atoms with van der Waals surface area (Å²) in [6.45, 7) is 5.85. The Kier molecular flexibility index (Phi) is 6.22. The average molecular weight is 308 g/mol. The van der Waals surface area contributed by atoms with Crippen molar-refractivity contribution in [3.8, 4) is 0 Å². The van der Waals surface area contributed by atoms with Crippen LogP contribution in [0.5, 0.6) is 0 Å². The van der Waals surface area contributed by atoms with Gasteiger partial charge in [-0.05, 0) is 24.6 Å². The highest BCUT2D eigenvalue weighted by Crippen LogP contribution is 2.25. The summed E-state index contributed by atoms with van der Waals surface area (Å²) in [5.74, 6) is 0. The molecule has 0 bridgehead atoms. The molecule has 0 saturated heterocycles. The molecule has 2 N–H and O–H groups in total. The lowest BCUT2D eigenvalue weighted by molar-refractivity contribution is 0.601. The van der Waals surface area contributed by atoms with Gasteiger partial charge in [-0.25, -0.2) is 8.42 Å². The Morgan fingerprint density at radius 2 is 1.81 bits per heavy atom. The maximum absolute atomic E-state index is 11.2. The molecule has 0 aliphatic heterocycles. The third-order valence-corrected chi connectivity index (χ3v) is 3.69. The third-order valence-electron chi connectivity index (χ3n) is 1.89. The number of benzene rings is 1. The summed E-state index contributed by atoms with van der Waals surface area (Å²) in [5, 5.41) is 0. The third kappa shape index (κ3) is 4.23. The number of rotatable bonds is 2. The van der Waals surface area contributed by atoms with E-state index in [4.69, 9.17) is 5.73 Å². The van der Waals surface area contributed by atoms with Crippen LogP contribution < -0.4 is 5.73 Å². The van der Waals surface area contributed by atoms with Crippen molar-refractivity contribution in [2.75, 3.05) is 6.26 Å². The van der Waals surface area contributed by atoms with E-state index in [0.29, 0.717) is 4.90 Å². The first-order valence-corrected chi connectivity index (χ1v) is 7.76. The standard InChI is InChI=1S/C9H12BrNO2S.C2H6/c1-6(11)8-4-3-7(5-9(8)10)14(2,12)13;1-2/h3-6H,11H2,1-2H3;1-2H3. The van der Waals surface area contributed by atoms with E-state index >= 15 is 0 Å². The van der Waals surface area contributed by atoms with Crippen molar-refractivity contribution < 1.29 is 8.42 Å². The van der Waals surface area contributed by atoms with E-state index in [1.54, 1.807) is 18.2 Å². The van der Waals surface area contributed by atoms with Gasteiger partial charge in [-0.15, -0.1) is 0 Å². The van der Waals surface area contributed by atoms with Crippen LogP contribution in [0.2, 0.25) is 0 Å². The summed E-state index contributed by atoms with van der Waals surface area (Å²) in [6, 6.07) is 4.76. The van der Waals surface area contributed by atoms with Crippen molar-refractivity contribution in [2.45, 2.75) is 31.7 Å². The minimum atomic E-state index is -3.14. The lowest BCUT2D eigenvalue weighted by Gasteiger charge is -2.09. The Bertz CT molecular complexity index is 441. The van der Waals surface area contributed by atoms with Gasteiger partial charge in [0.05, 0.1) is 4.90 Å². The SMILES string of the molecule is CC.CC(N)c1ccc(S(C)(=O)=O)cc1Br. The smallest absolute Gasteiger partial charge is 0.175 e. The molecule has 0 saturated carbocycles. The zero-order valence-corrected chi connectivity index (χ0v) is 12.4. The first kappa shape index (κ1) is 15.6. The highest BCUT2D eigenvalue weighted by atomic mass is 79.9. The summed E-state index contributed by atoms with van der Waals surface area (Å²) in [4.78, 5) is 0.300. The molecule has 0 heterocycles. The van der Waals surface area contributed by atoms with Gasteiger partial charge in [0, 0.05) is 16.8 Å². The molecule has 1 aromatic rings. The van der Waals surface area contributed by atoms with Crippen LogP contribution in [0.3, 0.4) is 0 Å². The van der Waals surface area contributed by atoms with Crippen molar-refractivity contribution >= 4 is 25.8 Å². The van der Waals surface area contributed by atoms with Crippen LogP contribution in [0.25, 0.3) is 0 Å². The number of hydrogen-bond acceptors (Lipinski definition) is 3. The van der Waals surface area contributed by atoms with E-state index in [1.165, 1.54) is 6.26 Å². The summed E-state index contributed by atoms with van der Waals surface area (Å²) in [6.07, 6.45) is 1.18. The van der Waals surface area contributed by atoms with Gasteiger partial charge in [0.1, 0.15) is 0 Å². The Hall–Kier alpha value is -0.390. The molecule has 0 fully saturated rings. The second kappa shape index (κ2) is 6.37. The lowest BCUT2D eigenvalue weighted by atomic mass is 10.1. The molecular formula is C11H18BrNO2S. The van der Waals surface area contributed by atoms with Gasteiger partial charge in [-0.2, -0.15) is 0 Å². The quantitative estimate of drug-likeness (QED) is 0.914. The van der Waals surface area contributed by atoms with Crippen molar-refractivity contribution in [1.82, 2.24) is 0 Å². The van der Waals surface area contributed by atoms with Crippen LogP contribution in [-0.2, 0) is 9.84 Å². The predicted molar refractivity (Wildman–Crippen MR) is 71.2 cm³/mol. The zero-order valence-electron chi connectivity index (χ0n) is 9.99. The summed E-state index contributed by atoms with van der Waals surface area (Å²) >= 11 is 3.30. The van der Waals surface area contributed by atoms with Gasteiger partial charge in [-0.3, -0.25) is 0 Å². The molecule has 1 rings (SSSR count). The zero-order chi connectivity index (χ0) is 12.9. The molecule has 1 aromatic carbocycles. The van der Waals surface area contributed by atoms with Crippen LogP contribution >= 0.6 is 15.9 Å². The Morgan fingerprint density at radius 1 is 1.31 bits per heavy atom. The summed E-state index contributed by atoms with van der Waals surface area (Å²) in [5.41, 5.74) is 6.59. The fraction of sp³-hybridized carbons (Fsp3) is 0.455. The van der Waals surface area contributed by atoms with E-state index in [-0.39, 0.29) is 6.04 Å². The van der Waals surface area contributed by atoms with Gasteiger partial charge in [0.2, 0.25) is 0 Å². The minimum absolute atomic E-state index is 0.113. The second-order valence-corrected chi connectivity index (χ2v) is 6.11. The number of sulfone groups is 1. The molecule has 0 amide bonds. The van der Waals surface area contributed by atoms with Crippen molar-refractivity contribution in [1.29, 1.82) is 0 Å². The molecule has 0 aliphatic rings. The van der Waals surface area contributed by atoms with Gasteiger partial charge >= 0.3 is 0 Å². The van der Waals surface area contributed by atoms with E-state index in [2.05, 4.69) is 15.9 Å². The molecular weight excluding hydrogens is 290 g/mol. The highest BCUT2D eigenvalue weighted by Gasteiger charge is 2.11. The largest absolute Gasteiger partial charge is 0.324 e. The Balaban J connectivity index is 0.00000106. The number of hydrogen-bond donors (Lipinski definition) is 1. The lowest BCUT2D eigenvalue weighted by Crippen LogP contribution is -2.06. The molecule has 0 radical (unpaired) electrons. The van der Waals surface area contributed by atoms with Crippen LogP contribution in [0, 0.1) is 0 Å². The topological polar surface area (TPSA) is 60.2 Å². The maximum Gasteiger partial charge on any atom is 0.175 e. The molecule has 3 nitrogen and oxygen atoms in total. The molecule has 92 valence electrons. The molecule has 1 atom stereocenters. The van der Waals surface area contributed by atoms with E-state index in [1.807, 2.05) is 20.8 Å². The minimum Gasteiger partial charge on any atom is -0.324 e. The number of nitrogens with two attached hydrogens (primary N) is 1. The summed E-state index contributed by atoms with van der Waals surface area (Å²) < 4.78 is 23.2. The Morgan fingerprint density at radius 3 is 2.12 bits per heavy atom. The monoisotopic (exact) mass is 307 g/mol. The molecule has 0 aliphatic carbocycles. The van der Waals surface area contributed by atoms with Crippen LogP contribution in [0.1, 0.15) is 32.4 Å². The first-order valence-electron chi connectivity index (χ1n) is 5.07. The van der Waals surface area contributed by atoms with Crippen molar-refractivity contribution in [3.63, 3.8) is 0 Å². The fourth-order valence-electron chi connectivity index (χ4n) is 1.11. The van der Waals surface area contributed by atoms with Crippen molar-refractivity contribution in [3.05, 3.63) is 28.2 Å². The molecule has 1 unspecified atom stereocenters. The number of halogens is 1. The van der Waals surface area contributed by atoms with Gasteiger partial charge < -0.3 is 5.73 Å². The van der Waals surface area contributed by atoms with E-state index in [0.717, 1.165) is 10.0 Å². The van der Waals surface area contributed by atoms with Gasteiger partial charge in [0.15, 0.2) is 9.84 Å². The molecule has 5 heteroatoms. The molecule has 16 heavy (non-hydrogen) atoms. The Labute approximate surface area is 106 Å².